The molecular weight excluding hydrogens is 190 g/mol. The van der Waals surface area contributed by atoms with E-state index in [2.05, 4.69) is 30.6 Å². The molecule has 0 amide bonds. The molecule has 0 aliphatic rings. The van der Waals surface area contributed by atoms with Crippen molar-refractivity contribution in [3.05, 3.63) is 28.8 Å². The molecule has 0 heterocycles. The number of benzene rings is 1. The summed E-state index contributed by atoms with van der Waals surface area (Å²) in [6, 6.07) is 5.76. The molecule has 0 aromatic heterocycles. The zero-order valence-electron chi connectivity index (χ0n) is 7.04. The van der Waals surface area contributed by atoms with Crippen molar-refractivity contribution in [3.8, 4) is 0 Å². The fraction of sp³-hybridized carbons (Fsp3) is 0.333. The lowest BCUT2D eigenvalue weighted by atomic mass is 10.0. The molecule has 0 atom stereocenters. The van der Waals surface area contributed by atoms with Crippen molar-refractivity contribution in [2.45, 2.75) is 19.8 Å². The Morgan fingerprint density at radius 2 is 2.08 bits per heavy atom. The van der Waals surface area contributed by atoms with Gasteiger partial charge in [0.25, 0.3) is 0 Å². The fourth-order valence-corrected chi connectivity index (χ4v) is 1.32. The number of nitrogens with zero attached hydrogens (tertiary/aromatic N) is 1. The minimum absolute atomic E-state index is 0.484. The third kappa shape index (κ3) is 2.02. The van der Waals surface area contributed by atoms with E-state index in [0.717, 1.165) is 0 Å². The molecule has 1 aromatic rings. The van der Waals surface area contributed by atoms with Crippen LogP contribution in [0.3, 0.4) is 0 Å². The second kappa shape index (κ2) is 3.97. The smallest absolute Gasteiger partial charge is 0.0958 e. The van der Waals surface area contributed by atoms with E-state index < -0.39 is 0 Å². The summed E-state index contributed by atoms with van der Waals surface area (Å²) in [7, 11) is 0. The number of hydrogen-bond donors (Lipinski definition) is 0. The van der Waals surface area contributed by atoms with Crippen molar-refractivity contribution >= 4 is 29.7 Å². The van der Waals surface area contributed by atoms with Crippen LogP contribution in [0.1, 0.15) is 25.3 Å². The van der Waals surface area contributed by atoms with Crippen molar-refractivity contribution in [1.82, 2.24) is 0 Å². The van der Waals surface area contributed by atoms with E-state index in [1.165, 1.54) is 5.56 Å². The molecule has 1 nitrogen and oxygen atoms in total. The second-order valence-electron chi connectivity index (χ2n) is 2.96. The molecule has 3 heteroatoms. The first-order valence-corrected chi connectivity index (χ1v) is 4.52. The predicted octanol–water partition coefficient (Wildman–Crippen LogP) is 3.83. The standard InChI is InChI=1S/C9H10ClNS/c1-6(2)7-3-4-8(10)9(5-7)11-12/h3-6H,1-2H3. The quantitative estimate of drug-likeness (QED) is 0.706. The Morgan fingerprint density at radius 1 is 1.42 bits per heavy atom. The molecule has 0 fully saturated rings. The van der Waals surface area contributed by atoms with E-state index >= 15 is 0 Å². The Kier molecular flexibility index (Phi) is 3.18. The highest BCUT2D eigenvalue weighted by Gasteiger charge is 2.03. The lowest BCUT2D eigenvalue weighted by Crippen LogP contribution is -1.85. The Balaban J connectivity index is 3.13. The minimum Gasteiger partial charge on any atom is -0.180 e. The van der Waals surface area contributed by atoms with Crippen LogP contribution in [-0.4, -0.2) is 0 Å². The molecule has 1 aromatic carbocycles. The molecule has 0 aliphatic heterocycles. The number of rotatable bonds is 2. The molecule has 0 spiro atoms. The van der Waals surface area contributed by atoms with Crippen molar-refractivity contribution in [2.24, 2.45) is 4.36 Å². The van der Waals surface area contributed by atoms with E-state index in [1.54, 1.807) is 0 Å². The van der Waals surface area contributed by atoms with Gasteiger partial charge in [0, 0.05) is 12.4 Å². The number of hydrogen-bond acceptors (Lipinski definition) is 2. The van der Waals surface area contributed by atoms with E-state index in [4.69, 9.17) is 11.6 Å². The summed E-state index contributed by atoms with van der Waals surface area (Å²) < 4.78 is 3.66. The Labute approximate surface area is 82.9 Å². The summed E-state index contributed by atoms with van der Waals surface area (Å²) >= 11 is 10.4. The van der Waals surface area contributed by atoms with Crippen LogP contribution in [-0.2, 0) is 12.4 Å². The molecule has 0 saturated carbocycles. The van der Waals surface area contributed by atoms with Crippen LogP contribution >= 0.6 is 11.6 Å². The lowest BCUT2D eigenvalue weighted by Gasteiger charge is -2.05. The average Bonchev–Trinajstić information content (AvgIpc) is 2.05. The Morgan fingerprint density at radius 3 is 2.58 bits per heavy atom. The Bertz CT molecular complexity index is 297. The van der Waals surface area contributed by atoms with E-state index in [0.29, 0.717) is 16.6 Å². The largest absolute Gasteiger partial charge is 0.180 e. The van der Waals surface area contributed by atoms with Gasteiger partial charge in [-0.3, -0.25) is 0 Å². The van der Waals surface area contributed by atoms with Gasteiger partial charge in [-0.25, -0.2) is 0 Å². The molecule has 0 radical (unpaired) electrons. The van der Waals surface area contributed by atoms with Crippen molar-refractivity contribution in [2.75, 3.05) is 0 Å². The van der Waals surface area contributed by atoms with Gasteiger partial charge in [-0.15, -0.1) is 0 Å². The second-order valence-corrected chi connectivity index (χ2v) is 3.55. The van der Waals surface area contributed by atoms with Gasteiger partial charge in [0.05, 0.1) is 10.7 Å². The highest BCUT2D eigenvalue weighted by Crippen LogP contribution is 2.28. The molecular formula is C9H10ClNS. The van der Waals surface area contributed by atoms with Crippen LogP contribution < -0.4 is 0 Å². The maximum atomic E-state index is 5.84. The molecule has 64 valence electrons. The molecule has 0 saturated heterocycles. The van der Waals surface area contributed by atoms with Gasteiger partial charge in [0.1, 0.15) is 0 Å². The first kappa shape index (κ1) is 9.62. The highest BCUT2D eigenvalue weighted by atomic mass is 35.5. The molecule has 0 N–H and O–H groups in total. The van der Waals surface area contributed by atoms with E-state index in [9.17, 15) is 0 Å². The van der Waals surface area contributed by atoms with Gasteiger partial charge >= 0.3 is 0 Å². The lowest BCUT2D eigenvalue weighted by molar-refractivity contribution is 0.867. The van der Waals surface area contributed by atoms with E-state index in [-0.39, 0.29) is 0 Å². The zero-order chi connectivity index (χ0) is 9.14. The minimum atomic E-state index is 0.484. The van der Waals surface area contributed by atoms with Gasteiger partial charge < -0.3 is 0 Å². The van der Waals surface area contributed by atoms with Crippen molar-refractivity contribution in [3.63, 3.8) is 0 Å². The third-order valence-electron chi connectivity index (χ3n) is 1.74. The first-order chi connectivity index (χ1) is 5.65. The molecule has 0 aliphatic carbocycles. The van der Waals surface area contributed by atoms with Gasteiger partial charge in [-0.1, -0.05) is 31.5 Å². The summed E-state index contributed by atoms with van der Waals surface area (Å²) in [6.45, 7) is 4.24. The van der Waals surface area contributed by atoms with Crippen molar-refractivity contribution in [1.29, 1.82) is 0 Å². The van der Waals surface area contributed by atoms with Crippen LogP contribution in [0, 0.1) is 0 Å². The van der Waals surface area contributed by atoms with Crippen LogP contribution in [0.25, 0.3) is 0 Å². The van der Waals surface area contributed by atoms with Crippen molar-refractivity contribution < 1.29 is 0 Å². The molecule has 0 bridgehead atoms. The monoisotopic (exact) mass is 199 g/mol. The van der Waals surface area contributed by atoms with Gasteiger partial charge in [0.15, 0.2) is 0 Å². The molecule has 0 unspecified atom stereocenters. The van der Waals surface area contributed by atoms with Gasteiger partial charge in [0.2, 0.25) is 0 Å². The molecule has 12 heavy (non-hydrogen) atoms. The van der Waals surface area contributed by atoms with Gasteiger partial charge in [-0.05, 0) is 23.6 Å². The van der Waals surface area contributed by atoms with Crippen LogP contribution in [0.5, 0.6) is 0 Å². The summed E-state index contributed by atoms with van der Waals surface area (Å²) in [5, 5.41) is 0.620. The fourth-order valence-electron chi connectivity index (χ4n) is 0.959. The first-order valence-electron chi connectivity index (χ1n) is 3.78. The topological polar surface area (TPSA) is 12.4 Å². The van der Waals surface area contributed by atoms with Crippen LogP contribution in [0.15, 0.2) is 22.6 Å². The summed E-state index contributed by atoms with van der Waals surface area (Å²) in [5.74, 6) is 0.484. The van der Waals surface area contributed by atoms with Crippen LogP contribution in [0.4, 0.5) is 5.69 Å². The maximum Gasteiger partial charge on any atom is 0.0958 e. The third-order valence-corrected chi connectivity index (χ3v) is 2.25. The Hall–Kier alpha value is -0.470. The summed E-state index contributed by atoms with van der Waals surface area (Å²) in [4.78, 5) is 0. The molecule has 1 rings (SSSR count). The zero-order valence-corrected chi connectivity index (χ0v) is 8.62. The summed E-state index contributed by atoms with van der Waals surface area (Å²) in [6.07, 6.45) is 0. The highest BCUT2D eigenvalue weighted by molar-refractivity contribution is 7.47. The van der Waals surface area contributed by atoms with E-state index in [1.807, 2.05) is 18.2 Å². The number of halogens is 1. The predicted molar refractivity (Wildman–Crippen MR) is 55.0 cm³/mol. The SMILES string of the molecule is CC(C)c1ccc(Cl)c(N=S)c1. The average molecular weight is 200 g/mol. The van der Waals surface area contributed by atoms with Gasteiger partial charge in [-0.2, -0.15) is 4.36 Å². The maximum absolute atomic E-state index is 5.84. The normalized spacial score (nSPS) is 10.3. The summed E-state index contributed by atoms with van der Waals surface area (Å²) in [5.41, 5.74) is 1.90. The van der Waals surface area contributed by atoms with Crippen LogP contribution in [0.2, 0.25) is 5.02 Å².